The number of hydrogen-bond acceptors (Lipinski definition) is 6. The lowest BCUT2D eigenvalue weighted by atomic mass is 9.89. The van der Waals surface area contributed by atoms with Crippen LogP contribution in [-0.2, 0) is 22.6 Å². The number of aliphatic hydroxyl groups excluding tert-OH is 1. The maximum absolute atomic E-state index is 13.2. The largest absolute Gasteiger partial charge is 0.508 e. The predicted octanol–water partition coefficient (Wildman–Crippen LogP) is 3.42. The van der Waals surface area contributed by atoms with Crippen molar-refractivity contribution in [1.82, 2.24) is 19.3 Å². The number of likely N-dealkylation sites (N-methyl/N-ethyl adjacent to an activating group) is 1. The number of imide groups is 1. The standard InChI is InChI=1S/C29H32N4O5/c1-19(34)21-5-3-20(4-6-21)16-33-25-8-7-22(38-14-11-31-9-12-37-13-10-31)15-23(25)27-24-17-32(18-26(27)33)29(36)30(2)28(24)35/h3-8,15,24,34H,1,9-14,16-18H2,2H3/t24-/m0/s1. The third-order valence-electron chi connectivity index (χ3n) is 7.87. The zero-order chi connectivity index (χ0) is 26.4. The van der Waals surface area contributed by atoms with E-state index in [0.29, 0.717) is 31.8 Å². The Labute approximate surface area is 221 Å². The monoisotopic (exact) mass is 516 g/mol. The van der Waals surface area contributed by atoms with Gasteiger partial charge in [-0.25, -0.2) is 4.79 Å². The van der Waals surface area contributed by atoms with Crippen LogP contribution in [0.25, 0.3) is 16.7 Å². The van der Waals surface area contributed by atoms with Gasteiger partial charge in [-0.2, -0.15) is 0 Å². The zero-order valence-electron chi connectivity index (χ0n) is 21.6. The van der Waals surface area contributed by atoms with Crippen molar-refractivity contribution >= 4 is 28.6 Å². The Balaban J connectivity index is 1.36. The van der Waals surface area contributed by atoms with E-state index < -0.39 is 5.92 Å². The Bertz CT molecular complexity index is 1410. The molecular weight excluding hydrogens is 484 g/mol. The molecule has 0 spiro atoms. The molecule has 3 aliphatic rings. The number of nitrogens with zero attached hydrogens (tertiary/aromatic N) is 4. The summed E-state index contributed by atoms with van der Waals surface area (Å²) in [6.45, 7) is 9.75. The highest BCUT2D eigenvalue weighted by atomic mass is 16.5. The fourth-order valence-electron chi connectivity index (χ4n) is 5.79. The first-order chi connectivity index (χ1) is 18.4. The fourth-order valence-corrected chi connectivity index (χ4v) is 5.79. The van der Waals surface area contributed by atoms with Gasteiger partial charge in [0.05, 0.1) is 25.7 Å². The number of aromatic nitrogens is 1. The van der Waals surface area contributed by atoms with Crippen LogP contribution in [0.15, 0.2) is 49.0 Å². The van der Waals surface area contributed by atoms with Crippen LogP contribution < -0.4 is 4.74 Å². The Morgan fingerprint density at radius 1 is 1.13 bits per heavy atom. The zero-order valence-corrected chi connectivity index (χ0v) is 21.6. The summed E-state index contributed by atoms with van der Waals surface area (Å²) >= 11 is 0. The predicted molar refractivity (Wildman–Crippen MR) is 143 cm³/mol. The number of benzene rings is 2. The van der Waals surface area contributed by atoms with Crippen LogP contribution in [0.4, 0.5) is 4.79 Å². The van der Waals surface area contributed by atoms with Crippen molar-refractivity contribution in [2.24, 2.45) is 0 Å². The first-order valence-corrected chi connectivity index (χ1v) is 13.0. The van der Waals surface area contributed by atoms with Crippen molar-refractivity contribution < 1.29 is 24.2 Å². The third kappa shape index (κ3) is 4.31. The van der Waals surface area contributed by atoms with Gasteiger partial charge in [0.2, 0.25) is 5.91 Å². The van der Waals surface area contributed by atoms with Gasteiger partial charge in [-0.15, -0.1) is 0 Å². The Morgan fingerprint density at radius 3 is 2.63 bits per heavy atom. The van der Waals surface area contributed by atoms with Gasteiger partial charge >= 0.3 is 6.03 Å². The second kappa shape index (κ2) is 9.81. The van der Waals surface area contributed by atoms with Crippen LogP contribution >= 0.6 is 0 Å². The number of amides is 3. The number of rotatable bonds is 7. The summed E-state index contributed by atoms with van der Waals surface area (Å²) in [4.78, 5) is 31.4. The highest BCUT2D eigenvalue weighted by Gasteiger charge is 2.44. The molecule has 38 heavy (non-hydrogen) atoms. The molecule has 6 rings (SSSR count). The summed E-state index contributed by atoms with van der Waals surface area (Å²) < 4.78 is 13.8. The lowest BCUT2D eigenvalue weighted by Crippen LogP contribution is -2.56. The van der Waals surface area contributed by atoms with Crippen LogP contribution in [0, 0.1) is 0 Å². The normalized spacial score (nSPS) is 19.7. The molecular formula is C29H32N4O5. The van der Waals surface area contributed by atoms with Gasteiger partial charge in [0.1, 0.15) is 18.1 Å². The number of morpholine rings is 1. The quantitative estimate of drug-likeness (QED) is 0.485. The van der Waals surface area contributed by atoms with Crippen LogP contribution in [0.5, 0.6) is 5.75 Å². The molecule has 3 aromatic rings. The molecule has 2 saturated heterocycles. The van der Waals surface area contributed by atoms with E-state index in [4.69, 9.17) is 9.47 Å². The first kappa shape index (κ1) is 24.5. The molecule has 9 nitrogen and oxygen atoms in total. The number of urea groups is 1. The molecule has 0 radical (unpaired) electrons. The van der Waals surface area contributed by atoms with Crippen molar-refractivity contribution in [2.45, 2.75) is 19.0 Å². The molecule has 2 aromatic carbocycles. The van der Waals surface area contributed by atoms with E-state index in [1.807, 2.05) is 36.4 Å². The van der Waals surface area contributed by atoms with E-state index in [9.17, 15) is 14.7 Å². The average Bonchev–Trinajstić information content (AvgIpc) is 3.24. The first-order valence-electron chi connectivity index (χ1n) is 13.0. The average molecular weight is 517 g/mol. The summed E-state index contributed by atoms with van der Waals surface area (Å²) in [6.07, 6.45) is 0. The molecule has 3 amide bonds. The van der Waals surface area contributed by atoms with Gasteiger partial charge in [0, 0.05) is 61.9 Å². The van der Waals surface area contributed by atoms with Gasteiger partial charge < -0.3 is 24.0 Å². The Morgan fingerprint density at radius 2 is 1.89 bits per heavy atom. The van der Waals surface area contributed by atoms with Gasteiger partial charge in [-0.3, -0.25) is 14.6 Å². The van der Waals surface area contributed by atoms with E-state index in [1.165, 1.54) is 4.90 Å². The third-order valence-corrected chi connectivity index (χ3v) is 7.87. The molecule has 1 aromatic heterocycles. The number of aliphatic hydroxyl groups is 1. The summed E-state index contributed by atoms with van der Waals surface area (Å²) in [5.41, 5.74) is 4.68. The van der Waals surface area contributed by atoms with Gasteiger partial charge in [-0.05, 0) is 29.3 Å². The molecule has 0 unspecified atom stereocenters. The summed E-state index contributed by atoms with van der Waals surface area (Å²) in [5.74, 6) is 0.222. The lowest BCUT2D eigenvalue weighted by Gasteiger charge is -2.41. The lowest BCUT2D eigenvalue weighted by molar-refractivity contribution is -0.132. The summed E-state index contributed by atoms with van der Waals surface area (Å²) in [7, 11) is 1.56. The van der Waals surface area contributed by atoms with Crippen LogP contribution in [-0.4, -0.2) is 89.4 Å². The minimum absolute atomic E-state index is 0.0308. The number of hydrogen-bond donors (Lipinski definition) is 1. The smallest absolute Gasteiger partial charge is 0.326 e. The molecule has 1 atom stereocenters. The summed E-state index contributed by atoms with van der Waals surface area (Å²) in [6, 6.07) is 13.4. The Hall–Kier alpha value is -3.82. The van der Waals surface area contributed by atoms with E-state index in [-0.39, 0.29) is 17.7 Å². The van der Waals surface area contributed by atoms with Crippen LogP contribution in [0.1, 0.15) is 28.3 Å². The van der Waals surface area contributed by atoms with Crippen LogP contribution in [0.3, 0.4) is 0 Å². The molecule has 3 aliphatic heterocycles. The highest BCUT2D eigenvalue weighted by Crippen LogP contribution is 2.41. The fraction of sp³-hybridized carbons (Fsp3) is 0.379. The maximum atomic E-state index is 13.2. The second-order valence-corrected chi connectivity index (χ2v) is 10.2. The van der Waals surface area contributed by atoms with Gasteiger partial charge in [-0.1, -0.05) is 30.8 Å². The highest BCUT2D eigenvalue weighted by molar-refractivity contribution is 6.04. The minimum Gasteiger partial charge on any atom is -0.508 e. The number of fused-ring (bicyclic) bond motifs is 6. The van der Waals surface area contributed by atoms with E-state index >= 15 is 0 Å². The SMILES string of the molecule is C=C(O)c1ccc(Cn2c3c(c4cc(OCCN5CCOCC5)ccc42)[C@@H]2CN(C3)C(=O)N(C)C2=O)cc1. The molecule has 2 bridgehead atoms. The number of carbonyl (C=O) groups excluding carboxylic acids is 2. The molecule has 9 heteroatoms. The van der Waals surface area contributed by atoms with E-state index in [1.54, 1.807) is 11.9 Å². The molecule has 198 valence electrons. The van der Waals surface area contributed by atoms with Crippen molar-refractivity contribution in [1.29, 1.82) is 0 Å². The van der Waals surface area contributed by atoms with Crippen molar-refractivity contribution in [3.05, 3.63) is 71.4 Å². The van der Waals surface area contributed by atoms with Crippen molar-refractivity contribution in [3.63, 3.8) is 0 Å². The summed E-state index contributed by atoms with van der Waals surface area (Å²) in [5, 5.41) is 10.7. The van der Waals surface area contributed by atoms with Gasteiger partial charge in [0.15, 0.2) is 0 Å². The molecule has 2 fully saturated rings. The maximum Gasteiger partial charge on any atom is 0.326 e. The van der Waals surface area contributed by atoms with Crippen molar-refractivity contribution in [2.75, 3.05) is 53.0 Å². The topological polar surface area (TPSA) is 87.5 Å². The number of carbonyl (C=O) groups is 2. The van der Waals surface area contributed by atoms with E-state index in [2.05, 4.69) is 22.1 Å². The molecule has 1 N–H and O–H groups in total. The molecule has 4 heterocycles. The van der Waals surface area contributed by atoms with Gasteiger partial charge in [0.25, 0.3) is 0 Å². The Kier molecular flexibility index (Phi) is 6.33. The number of ether oxygens (including phenoxy) is 2. The second-order valence-electron chi connectivity index (χ2n) is 10.2. The molecule has 0 aliphatic carbocycles. The van der Waals surface area contributed by atoms with E-state index in [0.717, 1.165) is 66.3 Å². The minimum atomic E-state index is -0.408. The van der Waals surface area contributed by atoms with Crippen LogP contribution in [0.2, 0.25) is 0 Å². The molecule has 0 saturated carbocycles. The van der Waals surface area contributed by atoms with Crippen molar-refractivity contribution in [3.8, 4) is 5.75 Å².